The first-order valence-electron chi connectivity index (χ1n) is 4.73. The first-order valence-corrected chi connectivity index (χ1v) is 4.73. The van der Waals surface area contributed by atoms with E-state index in [4.69, 9.17) is 9.57 Å². The highest BCUT2D eigenvalue weighted by Crippen LogP contribution is 2.14. The second-order valence-corrected chi connectivity index (χ2v) is 2.96. The summed E-state index contributed by atoms with van der Waals surface area (Å²) in [6.45, 7) is 4.53. The molecule has 74 valence electrons. The molecule has 0 unspecified atom stereocenters. The van der Waals surface area contributed by atoms with E-state index in [-0.39, 0.29) is 0 Å². The van der Waals surface area contributed by atoms with Crippen LogP contribution in [0.3, 0.4) is 0 Å². The fourth-order valence-electron chi connectivity index (χ4n) is 1.25. The van der Waals surface area contributed by atoms with Crippen molar-refractivity contribution >= 4 is 0 Å². The van der Waals surface area contributed by atoms with E-state index in [1.165, 1.54) is 24.8 Å². The molecule has 0 radical (unpaired) electrons. The first-order chi connectivity index (χ1) is 6.43. The lowest BCUT2D eigenvalue weighted by Gasteiger charge is -2.14. The second kappa shape index (κ2) is 6.54. The van der Waals surface area contributed by atoms with Gasteiger partial charge in [-0.25, -0.2) is 0 Å². The molecule has 0 aromatic rings. The minimum atomic E-state index is 0.545. The Labute approximate surface area is 79.4 Å². The Morgan fingerprint density at radius 2 is 2.38 bits per heavy atom. The Bertz CT molecular complexity index is 178. The smallest absolute Gasteiger partial charge is 0.113 e. The zero-order valence-electron chi connectivity index (χ0n) is 7.92. The molecule has 0 heterocycles. The van der Waals surface area contributed by atoms with Crippen molar-refractivity contribution in [2.24, 2.45) is 0 Å². The number of allylic oxidation sites excluding steroid dienone is 2. The van der Waals surface area contributed by atoms with Gasteiger partial charge in [0, 0.05) is 5.70 Å². The Hall–Kier alpha value is -0.960. The summed E-state index contributed by atoms with van der Waals surface area (Å²) in [6.07, 6.45) is 8.42. The average molecular weight is 183 g/mol. The van der Waals surface area contributed by atoms with Gasteiger partial charge in [-0.3, -0.25) is 10.3 Å². The van der Waals surface area contributed by atoms with Gasteiger partial charge in [-0.15, -0.1) is 0 Å². The van der Waals surface area contributed by atoms with E-state index >= 15 is 0 Å². The maximum atomic E-state index is 5.18. The third-order valence-corrected chi connectivity index (χ3v) is 1.92. The van der Waals surface area contributed by atoms with Crippen molar-refractivity contribution in [1.29, 1.82) is 0 Å². The largest absolute Gasteiger partial charge is 0.499 e. The number of rotatable bonds is 6. The molecule has 0 bridgehead atoms. The second-order valence-electron chi connectivity index (χ2n) is 2.96. The Morgan fingerprint density at radius 1 is 1.46 bits per heavy atom. The van der Waals surface area contributed by atoms with Crippen LogP contribution in [0.25, 0.3) is 0 Å². The summed E-state index contributed by atoms with van der Waals surface area (Å²) >= 11 is 0. The number of nitrogens with one attached hydrogen (secondary N) is 1. The third kappa shape index (κ3) is 4.58. The molecule has 1 rings (SSSR count). The molecule has 0 saturated carbocycles. The summed E-state index contributed by atoms with van der Waals surface area (Å²) in [5.74, 6) is 0. The van der Waals surface area contributed by atoms with Crippen molar-refractivity contribution in [2.45, 2.75) is 25.7 Å². The monoisotopic (exact) mass is 183 g/mol. The number of ether oxygens (including phenoxy) is 1. The van der Waals surface area contributed by atoms with Gasteiger partial charge in [-0.1, -0.05) is 12.7 Å². The molecule has 0 amide bonds. The summed E-state index contributed by atoms with van der Waals surface area (Å²) < 4.78 is 4.90. The van der Waals surface area contributed by atoms with Gasteiger partial charge in [0.2, 0.25) is 0 Å². The molecule has 0 fully saturated rings. The van der Waals surface area contributed by atoms with Gasteiger partial charge in [0.15, 0.2) is 0 Å². The van der Waals surface area contributed by atoms with E-state index in [1.54, 1.807) is 0 Å². The van der Waals surface area contributed by atoms with Crippen molar-refractivity contribution < 1.29 is 9.57 Å². The Balaban J connectivity index is 1.98. The fourth-order valence-corrected chi connectivity index (χ4v) is 1.25. The molecule has 1 aliphatic rings. The van der Waals surface area contributed by atoms with Gasteiger partial charge in [0.1, 0.15) is 13.2 Å². The van der Waals surface area contributed by atoms with Gasteiger partial charge < -0.3 is 4.74 Å². The standard InChI is InChI=1S/C10H17NO2/c1-2-12-8-9-13-11-10-6-4-3-5-7-10/h2,6,11H,1,3-5,7-9H2. The SMILES string of the molecule is C=COCCONC1=CCCCC1. The highest BCUT2D eigenvalue weighted by Gasteiger charge is 2.01. The highest BCUT2D eigenvalue weighted by atomic mass is 16.7. The molecule has 3 nitrogen and oxygen atoms in total. The molecule has 1 aliphatic carbocycles. The van der Waals surface area contributed by atoms with Crippen LogP contribution in [0.1, 0.15) is 25.7 Å². The van der Waals surface area contributed by atoms with Gasteiger partial charge in [-0.05, 0) is 25.7 Å². The van der Waals surface area contributed by atoms with Gasteiger partial charge >= 0.3 is 0 Å². The van der Waals surface area contributed by atoms with Crippen molar-refractivity contribution in [3.63, 3.8) is 0 Å². The lowest BCUT2D eigenvalue weighted by Crippen LogP contribution is -2.18. The normalized spacial score (nSPS) is 16.2. The molecule has 0 aromatic carbocycles. The lowest BCUT2D eigenvalue weighted by atomic mass is 10.1. The zero-order valence-corrected chi connectivity index (χ0v) is 7.92. The predicted octanol–water partition coefficient (Wildman–Crippen LogP) is 2.13. The average Bonchev–Trinajstić information content (AvgIpc) is 2.19. The highest BCUT2D eigenvalue weighted by molar-refractivity contribution is 5.00. The summed E-state index contributed by atoms with van der Waals surface area (Å²) in [6, 6.07) is 0. The number of hydroxylamine groups is 1. The van der Waals surface area contributed by atoms with E-state index in [0.717, 1.165) is 12.8 Å². The van der Waals surface area contributed by atoms with Gasteiger partial charge in [-0.2, -0.15) is 0 Å². The van der Waals surface area contributed by atoms with E-state index in [0.29, 0.717) is 13.2 Å². The molecule has 0 aliphatic heterocycles. The minimum Gasteiger partial charge on any atom is -0.499 e. The Kier molecular flexibility index (Phi) is 5.10. The van der Waals surface area contributed by atoms with Crippen LogP contribution in [0.5, 0.6) is 0 Å². The summed E-state index contributed by atoms with van der Waals surface area (Å²) in [4.78, 5) is 5.18. The molecule has 0 aromatic heterocycles. The zero-order chi connectivity index (χ0) is 9.36. The van der Waals surface area contributed by atoms with Crippen molar-refractivity contribution in [2.75, 3.05) is 13.2 Å². The third-order valence-electron chi connectivity index (χ3n) is 1.92. The summed E-state index contributed by atoms with van der Waals surface area (Å²) in [7, 11) is 0. The van der Waals surface area contributed by atoms with Crippen molar-refractivity contribution in [3.8, 4) is 0 Å². The minimum absolute atomic E-state index is 0.545. The Morgan fingerprint density at radius 3 is 3.08 bits per heavy atom. The number of hydrogen-bond acceptors (Lipinski definition) is 3. The molecule has 1 N–H and O–H groups in total. The van der Waals surface area contributed by atoms with Crippen LogP contribution in [0.15, 0.2) is 24.6 Å². The molecule has 0 spiro atoms. The van der Waals surface area contributed by atoms with Gasteiger partial charge in [0.05, 0.1) is 6.26 Å². The molecule has 3 heteroatoms. The van der Waals surface area contributed by atoms with Crippen LogP contribution in [0.2, 0.25) is 0 Å². The lowest BCUT2D eigenvalue weighted by molar-refractivity contribution is 0.0289. The maximum absolute atomic E-state index is 5.18. The van der Waals surface area contributed by atoms with Crippen molar-refractivity contribution in [1.82, 2.24) is 5.48 Å². The fraction of sp³-hybridized carbons (Fsp3) is 0.600. The quantitative estimate of drug-likeness (QED) is 0.389. The van der Waals surface area contributed by atoms with Crippen molar-refractivity contribution in [3.05, 3.63) is 24.6 Å². The van der Waals surface area contributed by atoms with Crippen LogP contribution < -0.4 is 5.48 Å². The van der Waals surface area contributed by atoms with Crippen LogP contribution in [0.4, 0.5) is 0 Å². The molecule has 0 saturated heterocycles. The van der Waals surface area contributed by atoms with Crippen LogP contribution in [-0.2, 0) is 9.57 Å². The molecule has 13 heavy (non-hydrogen) atoms. The number of hydrogen-bond donors (Lipinski definition) is 1. The summed E-state index contributed by atoms with van der Waals surface area (Å²) in [5.41, 5.74) is 4.13. The van der Waals surface area contributed by atoms with E-state index in [9.17, 15) is 0 Å². The van der Waals surface area contributed by atoms with E-state index in [1.807, 2.05) is 0 Å². The summed E-state index contributed by atoms with van der Waals surface area (Å²) in [5, 5.41) is 0. The van der Waals surface area contributed by atoms with Crippen LogP contribution in [-0.4, -0.2) is 13.2 Å². The predicted molar refractivity (Wildman–Crippen MR) is 51.8 cm³/mol. The topological polar surface area (TPSA) is 30.5 Å². The first kappa shape index (κ1) is 10.1. The molecular formula is C10H17NO2. The maximum Gasteiger partial charge on any atom is 0.113 e. The molecule has 0 atom stereocenters. The van der Waals surface area contributed by atoms with Gasteiger partial charge in [0.25, 0.3) is 0 Å². The molecular weight excluding hydrogens is 166 g/mol. The van der Waals surface area contributed by atoms with Crippen LogP contribution in [0, 0.1) is 0 Å². The van der Waals surface area contributed by atoms with Crippen LogP contribution >= 0.6 is 0 Å². The van der Waals surface area contributed by atoms with E-state index in [2.05, 4.69) is 18.1 Å². The van der Waals surface area contributed by atoms with E-state index < -0.39 is 0 Å².